The molecule has 7 nitrogen and oxygen atoms in total. The van der Waals surface area contributed by atoms with Crippen molar-refractivity contribution < 1.29 is 14.0 Å². The average Bonchev–Trinajstić information content (AvgIpc) is 3.04. The molecule has 1 heterocycles. The molecule has 10 heteroatoms. The van der Waals surface area contributed by atoms with Crippen molar-refractivity contribution in [2.75, 3.05) is 17.6 Å². The van der Waals surface area contributed by atoms with Crippen LogP contribution in [0.3, 0.4) is 0 Å². The third-order valence-corrected chi connectivity index (χ3v) is 4.58. The van der Waals surface area contributed by atoms with Crippen molar-refractivity contribution in [3.05, 3.63) is 48.3 Å². The van der Waals surface area contributed by atoms with Gasteiger partial charge in [0.1, 0.15) is 5.82 Å². The predicted molar refractivity (Wildman–Crippen MR) is 91.3 cm³/mol. The molecule has 1 aromatic heterocycles. The van der Waals surface area contributed by atoms with Crippen LogP contribution in [0, 0.1) is 5.82 Å². The average molecular weight is 367 g/mol. The Bertz CT molecular complexity index is 737. The molecule has 126 valence electrons. The van der Waals surface area contributed by atoms with Crippen molar-refractivity contribution in [1.29, 1.82) is 0 Å². The van der Waals surface area contributed by atoms with Gasteiger partial charge in [-0.1, -0.05) is 41.3 Å². The molecular weight excluding hydrogens is 353 g/mol. The first-order valence-corrected chi connectivity index (χ1v) is 8.55. The van der Waals surface area contributed by atoms with Crippen LogP contribution in [0.4, 0.5) is 9.52 Å². The quantitative estimate of drug-likeness (QED) is 0.393. The zero-order chi connectivity index (χ0) is 17.4. The van der Waals surface area contributed by atoms with E-state index < -0.39 is 17.6 Å². The van der Waals surface area contributed by atoms with Gasteiger partial charge in [-0.15, -0.1) is 16.8 Å². The summed E-state index contributed by atoms with van der Waals surface area (Å²) >= 11 is 2.48. The van der Waals surface area contributed by atoms with Gasteiger partial charge in [-0.05, 0) is 12.1 Å². The van der Waals surface area contributed by atoms with Gasteiger partial charge in [0.2, 0.25) is 11.0 Å². The summed E-state index contributed by atoms with van der Waals surface area (Å²) in [6.45, 7) is 4.15. The number of amides is 2. The number of nitrogens with one attached hydrogen (secondary N) is 3. The Morgan fingerprint density at radius 2 is 2.08 bits per heavy atom. The maximum Gasteiger partial charge on any atom is 0.272 e. The van der Waals surface area contributed by atoms with E-state index in [2.05, 4.69) is 32.9 Å². The first kappa shape index (κ1) is 17.9. The van der Waals surface area contributed by atoms with E-state index in [1.807, 2.05) is 0 Å². The molecule has 0 saturated heterocycles. The molecule has 0 aliphatic heterocycles. The molecule has 0 aliphatic carbocycles. The zero-order valence-electron chi connectivity index (χ0n) is 12.4. The standard InChI is InChI=1S/C14H14FN5O2S2/c1-2-7-16-13-19-20-14(24-13)23-8-11(21)17-18-12(22)9-5-3-4-6-10(9)15/h2-6H,1,7-8H2,(H,16,19)(H,17,21)(H,18,22). The van der Waals surface area contributed by atoms with Gasteiger partial charge in [0, 0.05) is 6.54 Å². The number of anilines is 1. The minimum Gasteiger partial charge on any atom is -0.357 e. The van der Waals surface area contributed by atoms with Gasteiger partial charge < -0.3 is 5.32 Å². The summed E-state index contributed by atoms with van der Waals surface area (Å²) < 4.78 is 14.0. The molecule has 0 radical (unpaired) electrons. The maximum absolute atomic E-state index is 13.4. The summed E-state index contributed by atoms with van der Waals surface area (Å²) in [4.78, 5) is 23.4. The Morgan fingerprint density at radius 1 is 1.29 bits per heavy atom. The molecule has 0 unspecified atom stereocenters. The molecule has 2 aromatic rings. The molecule has 0 atom stereocenters. The maximum atomic E-state index is 13.4. The van der Waals surface area contributed by atoms with Crippen LogP contribution in [-0.4, -0.2) is 34.3 Å². The lowest BCUT2D eigenvalue weighted by atomic mass is 10.2. The Morgan fingerprint density at radius 3 is 2.83 bits per heavy atom. The number of carbonyl (C=O) groups is 2. The van der Waals surface area contributed by atoms with Crippen LogP contribution in [0.5, 0.6) is 0 Å². The van der Waals surface area contributed by atoms with E-state index in [0.29, 0.717) is 16.0 Å². The van der Waals surface area contributed by atoms with E-state index in [9.17, 15) is 14.0 Å². The predicted octanol–water partition coefficient (Wildman–Crippen LogP) is 1.83. The van der Waals surface area contributed by atoms with Crippen LogP contribution in [0.2, 0.25) is 0 Å². The number of hydrogen-bond donors (Lipinski definition) is 3. The molecule has 0 fully saturated rings. The number of aromatic nitrogens is 2. The number of carbonyl (C=O) groups excluding carboxylic acids is 2. The molecule has 2 rings (SSSR count). The molecule has 0 bridgehead atoms. The molecule has 3 N–H and O–H groups in total. The zero-order valence-corrected chi connectivity index (χ0v) is 14.0. The fraction of sp³-hybridized carbons (Fsp3) is 0.143. The van der Waals surface area contributed by atoms with Crippen LogP contribution in [0.25, 0.3) is 0 Å². The number of thioether (sulfide) groups is 1. The normalized spacial score (nSPS) is 10.0. The molecule has 0 saturated carbocycles. The Balaban J connectivity index is 1.75. The minimum atomic E-state index is -0.724. The summed E-state index contributed by atoms with van der Waals surface area (Å²) in [5.41, 5.74) is 4.24. The second-order valence-corrected chi connectivity index (χ2v) is 6.51. The summed E-state index contributed by atoms with van der Waals surface area (Å²) in [6, 6.07) is 5.50. The van der Waals surface area contributed by atoms with Crippen molar-refractivity contribution in [3.63, 3.8) is 0 Å². The fourth-order valence-corrected chi connectivity index (χ4v) is 3.06. The van der Waals surface area contributed by atoms with E-state index in [1.165, 1.54) is 47.4 Å². The van der Waals surface area contributed by atoms with Crippen LogP contribution >= 0.6 is 23.1 Å². The van der Waals surface area contributed by atoms with Gasteiger partial charge in [-0.25, -0.2) is 4.39 Å². The lowest BCUT2D eigenvalue weighted by Crippen LogP contribution is -2.42. The van der Waals surface area contributed by atoms with E-state index in [1.54, 1.807) is 6.08 Å². The second kappa shape index (κ2) is 8.99. The SMILES string of the molecule is C=CCNc1nnc(SCC(=O)NNC(=O)c2ccccc2F)s1. The summed E-state index contributed by atoms with van der Waals surface area (Å²) in [6.07, 6.45) is 1.69. The highest BCUT2D eigenvalue weighted by atomic mass is 32.2. The first-order valence-electron chi connectivity index (χ1n) is 6.75. The molecule has 2 amide bonds. The van der Waals surface area contributed by atoms with Crippen molar-refractivity contribution in [2.45, 2.75) is 4.34 Å². The van der Waals surface area contributed by atoms with Crippen LogP contribution in [-0.2, 0) is 4.79 Å². The van der Waals surface area contributed by atoms with Crippen molar-refractivity contribution in [2.24, 2.45) is 0 Å². The van der Waals surface area contributed by atoms with E-state index >= 15 is 0 Å². The van der Waals surface area contributed by atoms with Crippen molar-refractivity contribution in [1.82, 2.24) is 21.0 Å². The number of hydrogen-bond acceptors (Lipinski definition) is 7. The van der Waals surface area contributed by atoms with Gasteiger partial charge >= 0.3 is 0 Å². The third-order valence-electron chi connectivity index (χ3n) is 2.56. The topological polar surface area (TPSA) is 96.0 Å². The lowest BCUT2D eigenvalue weighted by molar-refractivity contribution is -0.119. The van der Waals surface area contributed by atoms with Crippen molar-refractivity contribution >= 4 is 40.0 Å². The van der Waals surface area contributed by atoms with Gasteiger partial charge in [-0.3, -0.25) is 20.4 Å². The number of halogens is 1. The lowest BCUT2D eigenvalue weighted by Gasteiger charge is -2.07. The van der Waals surface area contributed by atoms with Crippen LogP contribution in [0.15, 0.2) is 41.3 Å². The van der Waals surface area contributed by atoms with Crippen LogP contribution < -0.4 is 16.2 Å². The summed E-state index contributed by atoms with van der Waals surface area (Å²) in [5, 5.41) is 11.4. The van der Waals surface area contributed by atoms with Crippen LogP contribution in [0.1, 0.15) is 10.4 Å². The van der Waals surface area contributed by atoms with Gasteiger partial charge in [-0.2, -0.15) is 0 Å². The smallest absolute Gasteiger partial charge is 0.272 e. The molecular formula is C14H14FN5O2S2. The monoisotopic (exact) mass is 367 g/mol. The molecule has 0 spiro atoms. The van der Waals surface area contributed by atoms with Gasteiger partial charge in [0.15, 0.2) is 4.34 Å². The highest BCUT2D eigenvalue weighted by Crippen LogP contribution is 2.24. The highest BCUT2D eigenvalue weighted by molar-refractivity contribution is 8.01. The second-order valence-electron chi connectivity index (χ2n) is 4.31. The summed E-state index contributed by atoms with van der Waals surface area (Å²) in [7, 11) is 0. The minimum absolute atomic E-state index is 0.0354. The Kier molecular flexibility index (Phi) is 6.70. The molecule has 1 aromatic carbocycles. The number of rotatable bonds is 7. The largest absolute Gasteiger partial charge is 0.357 e. The van der Waals surface area contributed by atoms with Gasteiger partial charge in [0.25, 0.3) is 5.91 Å². The highest BCUT2D eigenvalue weighted by Gasteiger charge is 2.12. The molecule has 24 heavy (non-hydrogen) atoms. The Labute approximate surface area is 145 Å². The Hall–Kier alpha value is -2.46. The molecule has 0 aliphatic rings. The number of nitrogens with zero attached hydrogens (tertiary/aromatic N) is 2. The van der Waals surface area contributed by atoms with Crippen molar-refractivity contribution in [3.8, 4) is 0 Å². The number of hydrazine groups is 1. The van der Waals surface area contributed by atoms with Gasteiger partial charge in [0.05, 0.1) is 11.3 Å². The third kappa shape index (κ3) is 5.32. The summed E-state index contributed by atoms with van der Waals surface area (Å²) in [5.74, 6) is -1.79. The van der Waals surface area contributed by atoms with E-state index in [4.69, 9.17) is 0 Å². The number of benzene rings is 1. The first-order chi connectivity index (χ1) is 11.6. The fourth-order valence-electron chi connectivity index (χ4n) is 1.50. The van der Waals surface area contributed by atoms with E-state index in [-0.39, 0.29) is 11.3 Å². The van der Waals surface area contributed by atoms with E-state index in [0.717, 1.165) is 0 Å².